The normalized spacial score (nSPS) is 12.1. The highest BCUT2D eigenvalue weighted by atomic mass is 16.6. The fourth-order valence-electron chi connectivity index (χ4n) is 2.38. The summed E-state index contributed by atoms with van der Waals surface area (Å²) in [7, 11) is 0. The number of amides is 2. The second-order valence-electron chi connectivity index (χ2n) is 7.57. The lowest BCUT2D eigenvalue weighted by Gasteiger charge is -2.21. The first-order chi connectivity index (χ1) is 13.0. The number of alkyl carbamates (subject to hydrolysis) is 1. The summed E-state index contributed by atoms with van der Waals surface area (Å²) in [6.45, 7) is 10.8. The molecule has 1 aromatic carbocycles. The summed E-state index contributed by atoms with van der Waals surface area (Å²) in [5.74, 6) is 0.813. The number of nitrogens with one attached hydrogen (secondary N) is 2. The second kappa shape index (κ2) is 8.73. The number of aromatic nitrogens is 1. The number of anilines is 1. The van der Waals surface area contributed by atoms with E-state index in [9.17, 15) is 9.59 Å². The third-order valence-electron chi connectivity index (χ3n) is 3.75. The minimum absolute atomic E-state index is 0.379. The van der Waals surface area contributed by atoms with Crippen LogP contribution in [0, 0.1) is 13.8 Å². The van der Waals surface area contributed by atoms with E-state index in [0.717, 1.165) is 16.9 Å². The Hall–Kier alpha value is -3.09. The molecule has 1 heterocycles. The van der Waals surface area contributed by atoms with E-state index in [-0.39, 0.29) is 5.91 Å². The van der Waals surface area contributed by atoms with Gasteiger partial charge in [0.15, 0.2) is 0 Å². The molecule has 0 aliphatic carbocycles. The molecule has 0 fully saturated rings. The minimum atomic E-state index is -0.764. The van der Waals surface area contributed by atoms with E-state index in [2.05, 4.69) is 15.6 Å². The predicted molar refractivity (Wildman–Crippen MR) is 108 cm³/mol. The van der Waals surface area contributed by atoms with Gasteiger partial charge in [-0.05, 0) is 58.7 Å². The molecular weight excluding hydrogens is 358 g/mol. The number of carbonyl (C=O) groups excluding carboxylic acids is 2. The number of carbonyl (C=O) groups is 2. The zero-order valence-electron chi connectivity index (χ0n) is 17.1. The van der Waals surface area contributed by atoms with Crippen molar-refractivity contribution in [2.24, 2.45) is 0 Å². The van der Waals surface area contributed by atoms with Crippen LogP contribution in [0.4, 0.5) is 10.5 Å². The van der Waals surface area contributed by atoms with Gasteiger partial charge in [0.25, 0.3) is 0 Å². The Kier molecular flexibility index (Phi) is 6.62. The summed E-state index contributed by atoms with van der Waals surface area (Å²) in [6.07, 6.45) is 0.853. The topological polar surface area (TPSA) is 89.6 Å². The van der Waals surface area contributed by atoms with Crippen LogP contribution in [-0.4, -0.2) is 28.6 Å². The van der Waals surface area contributed by atoms with Gasteiger partial charge < -0.3 is 20.1 Å². The van der Waals surface area contributed by atoms with E-state index in [4.69, 9.17) is 9.47 Å². The third-order valence-corrected chi connectivity index (χ3v) is 3.75. The molecule has 0 bridgehead atoms. The van der Waals surface area contributed by atoms with Crippen molar-refractivity contribution < 1.29 is 19.1 Å². The largest absolute Gasteiger partial charge is 0.444 e. The smallest absolute Gasteiger partial charge is 0.408 e. The van der Waals surface area contributed by atoms with E-state index >= 15 is 0 Å². The van der Waals surface area contributed by atoms with Crippen LogP contribution in [0.3, 0.4) is 0 Å². The van der Waals surface area contributed by atoms with E-state index in [0.29, 0.717) is 11.6 Å². The first kappa shape index (κ1) is 21.2. The van der Waals surface area contributed by atoms with Gasteiger partial charge in [-0.1, -0.05) is 18.2 Å². The van der Waals surface area contributed by atoms with Crippen LogP contribution in [0.2, 0.25) is 0 Å². The highest BCUT2D eigenvalue weighted by Gasteiger charge is 2.21. The number of hydrogen-bond acceptors (Lipinski definition) is 5. The first-order valence-corrected chi connectivity index (χ1v) is 9.05. The van der Waals surface area contributed by atoms with Gasteiger partial charge in [0.05, 0.1) is 11.9 Å². The molecule has 0 saturated heterocycles. The zero-order chi connectivity index (χ0) is 20.9. The lowest BCUT2D eigenvalue weighted by atomic mass is 10.1. The summed E-state index contributed by atoms with van der Waals surface area (Å²) in [6, 6.07) is 8.50. The molecule has 0 spiro atoms. The van der Waals surface area contributed by atoms with E-state index < -0.39 is 17.7 Å². The lowest BCUT2D eigenvalue weighted by molar-refractivity contribution is -0.117. The third kappa shape index (κ3) is 6.26. The molecular formula is C21H27N3O4. The number of aryl methyl sites for hydroxylation is 2. The number of para-hydroxylation sites is 1. The maximum Gasteiger partial charge on any atom is 0.408 e. The van der Waals surface area contributed by atoms with Crippen molar-refractivity contribution in [3.05, 3.63) is 47.7 Å². The van der Waals surface area contributed by atoms with Gasteiger partial charge in [0.2, 0.25) is 11.8 Å². The molecule has 0 aliphatic heterocycles. The molecule has 7 heteroatoms. The van der Waals surface area contributed by atoms with Gasteiger partial charge in [0, 0.05) is 6.07 Å². The average Bonchev–Trinajstić information content (AvgIpc) is 2.58. The Morgan fingerprint density at radius 2 is 1.71 bits per heavy atom. The molecule has 2 amide bonds. The molecule has 150 valence electrons. The second-order valence-corrected chi connectivity index (χ2v) is 7.57. The Morgan fingerprint density at radius 1 is 1.07 bits per heavy atom. The summed E-state index contributed by atoms with van der Waals surface area (Å²) >= 11 is 0. The van der Waals surface area contributed by atoms with E-state index in [1.165, 1.54) is 6.20 Å². The number of pyridine rings is 1. The van der Waals surface area contributed by atoms with Crippen LogP contribution in [-0.2, 0) is 9.53 Å². The van der Waals surface area contributed by atoms with E-state index in [1.807, 2.05) is 32.0 Å². The molecule has 0 radical (unpaired) electrons. The van der Waals surface area contributed by atoms with Crippen molar-refractivity contribution in [3.63, 3.8) is 0 Å². The Balaban J connectivity index is 1.94. The summed E-state index contributed by atoms with van der Waals surface area (Å²) in [4.78, 5) is 28.2. The van der Waals surface area contributed by atoms with Crippen LogP contribution in [0.5, 0.6) is 11.6 Å². The maximum atomic E-state index is 12.2. The first-order valence-electron chi connectivity index (χ1n) is 9.05. The Labute approximate surface area is 165 Å². The van der Waals surface area contributed by atoms with Crippen LogP contribution in [0.25, 0.3) is 0 Å². The molecule has 2 aromatic rings. The molecule has 28 heavy (non-hydrogen) atoms. The highest BCUT2D eigenvalue weighted by Crippen LogP contribution is 2.27. The minimum Gasteiger partial charge on any atom is -0.444 e. The van der Waals surface area contributed by atoms with Crippen LogP contribution in [0.15, 0.2) is 36.5 Å². The molecule has 2 rings (SSSR count). The van der Waals surface area contributed by atoms with Crippen LogP contribution in [0.1, 0.15) is 38.8 Å². The fraction of sp³-hybridized carbons (Fsp3) is 0.381. The number of ether oxygens (including phenoxy) is 2. The van der Waals surface area contributed by atoms with Gasteiger partial charge in [-0.15, -0.1) is 0 Å². The van der Waals surface area contributed by atoms with Crippen molar-refractivity contribution in [2.45, 2.75) is 53.2 Å². The molecule has 2 N–H and O–H groups in total. The number of hydrogen-bond donors (Lipinski definition) is 2. The van der Waals surface area contributed by atoms with Crippen molar-refractivity contribution in [1.29, 1.82) is 0 Å². The Morgan fingerprint density at radius 3 is 2.25 bits per heavy atom. The van der Waals surface area contributed by atoms with Crippen molar-refractivity contribution in [1.82, 2.24) is 10.3 Å². The SMILES string of the molecule is Cc1cccc(C)c1Oc1ccc(NC(=O)[C@@H](C)NC(=O)OC(C)(C)C)cn1. The van der Waals surface area contributed by atoms with Crippen molar-refractivity contribution in [3.8, 4) is 11.6 Å². The summed E-state index contributed by atoms with van der Waals surface area (Å²) in [5, 5.41) is 5.19. The molecule has 7 nitrogen and oxygen atoms in total. The van der Waals surface area contributed by atoms with Gasteiger partial charge in [-0.3, -0.25) is 4.79 Å². The van der Waals surface area contributed by atoms with Crippen molar-refractivity contribution in [2.75, 3.05) is 5.32 Å². The predicted octanol–water partition coefficient (Wildman–Crippen LogP) is 4.34. The number of benzene rings is 1. The lowest BCUT2D eigenvalue weighted by Crippen LogP contribution is -2.43. The summed E-state index contributed by atoms with van der Waals surface area (Å²) < 4.78 is 11.0. The van der Waals surface area contributed by atoms with Gasteiger partial charge in [-0.25, -0.2) is 9.78 Å². The molecule has 0 unspecified atom stereocenters. The molecule has 1 atom stereocenters. The number of rotatable bonds is 5. The standard InChI is InChI=1S/C21H27N3O4/c1-13-8-7-9-14(2)18(13)27-17-11-10-16(12-22-17)24-19(25)15(3)23-20(26)28-21(4,5)6/h7-12,15H,1-6H3,(H,23,26)(H,24,25)/t15-/m1/s1. The molecule has 1 aromatic heterocycles. The van der Waals surface area contributed by atoms with Gasteiger partial charge in [0.1, 0.15) is 17.4 Å². The Bertz CT molecular complexity index is 821. The molecule has 0 aliphatic rings. The van der Waals surface area contributed by atoms with E-state index in [1.54, 1.807) is 39.8 Å². The summed E-state index contributed by atoms with van der Waals surface area (Å²) in [5.41, 5.74) is 1.90. The van der Waals surface area contributed by atoms with Crippen LogP contribution >= 0.6 is 0 Å². The monoisotopic (exact) mass is 385 g/mol. The average molecular weight is 385 g/mol. The van der Waals surface area contributed by atoms with Crippen LogP contribution < -0.4 is 15.4 Å². The zero-order valence-corrected chi connectivity index (χ0v) is 17.1. The number of nitrogens with zero attached hydrogens (tertiary/aromatic N) is 1. The fourth-order valence-corrected chi connectivity index (χ4v) is 2.38. The van der Waals surface area contributed by atoms with Gasteiger partial charge in [-0.2, -0.15) is 0 Å². The van der Waals surface area contributed by atoms with Crippen molar-refractivity contribution >= 4 is 17.7 Å². The van der Waals surface area contributed by atoms with Gasteiger partial charge >= 0.3 is 6.09 Å². The highest BCUT2D eigenvalue weighted by molar-refractivity contribution is 5.96. The molecule has 0 saturated carbocycles. The maximum absolute atomic E-state index is 12.2. The quantitative estimate of drug-likeness (QED) is 0.799.